The number of benzene rings is 1. The van der Waals surface area contributed by atoms with Crippen molar-refractivity contribution in [3.63, 3.8) is 0 Å². The molecule has 0 saturated carbocycles. The number of hydrogen-bond acceptors (Lipinski definition) is 5. The second-order valence-electron chi connectivity index (χ2n) is 3.88. The number of nitrogens with two attached hydrogens (primary N) is 1. The lowest BCUT2D eigenvalue weighted by Gasteiger charge is -2.11. The summed E-state index contributed by atoms with van der Waals surface area (Å²) in [5.74, 6) is 0.366. The molecule has 0 aromatic heterocycles. The number of nitriles is 1. The van der Waals surface area contributed by atoms with Gasteiger partial charge in [0.25, 0.3) is 0 Å². The number of aryl methyl sites for hydroxylation is 1. The summed E-state index contributed by atoms with van der Waals surface area (Å²) < 4.78 is 10.4. The Balaban J connectivity index is 2.75. The largest absolute Gasteiger partial charge is 0.492 e. The molecule has 5 heteroatoms. The Morgan fingerprint density at radius 3 is 2.89 bits per heavy atom. The van der Waals surface area contributed by atoms with Gasteiger partial charge in [0.2, 0.25) is 0 Å². The smallest absolute Gasteiger partial charge is 0.306 e. The molecule has 1 aromatic carbocycles. The van der Waals surface area contributed by atoms with E-state index in [1.807, 2.05) is 0 Å². The summed E-state index contributed by atoms with van der Waals surface area (Å²) in [7, 11) is 0. The van der Waals surface area contributed by atoms with Gasteiger partial charge >= 0.3 is 5.97 Å². The maximum atomic E-state index is 11.3. The van der Waals surface area contributed by atoms with E-state index >= 15 is 0 Å². The molecule has 0 radical (unpaired) electrons. The van der Waals surface area contributed by atoms with Crippen LogP contribution in [0.25, 0.3) is 0 Å². The Morgan fingerprint density at radius 1 is 1.47 bits per heavy atom. The number of rotatable bonds is 7. The van der Waals surface area contributed by atoms with E-state index in [0.717, 1.165) is 5.56 Å². The van der Waals surface area contributed by atoms with Gasteiger partial charge in [0, 0.05) is 13.0 Å². The van der Waals surface area contributed by atoms with Gasteiger partial charge in [-0.1, -0.05) is 6.07 Å². The number of carbonyl (C=O) groups is 1. The fourth-order valence-corrected chi connectivity index (χ4v) is 1.60. The highest BCUT2D eigenvalue weighted by molar-refractivity contribution is 5.69. The van der Waals surface area contributed by atoms with E-state index in [9.17, 15) is 4.79 Å². The highest BCUT2D eigenvalue weighted by Gasteiger charge is 2.09. The van der Waals surface area contributed by atoms with Crippen LogP contribution in [0.5, 0.6) is 5.75 Å². The maximum Gasteiger partial charge on any atom is 0.306 e. The van der Waals surface area contributed by atoms with Gasteiger partial charge in [0.1, 0.15) is 12.4 Å². The molecule has 0 heterocycles. The van der Waals surface area contributed by atoms with Crippen LogP contribution < -0.4 is 10.5 Å². The first kappa shape index (κ1) is 15.0. The first-order valence-corrected chi connectivity index (χ1v) is 6.22. The Morgan fingerprint density at radius 2 is 2.26 bits per heavy atom. The van der Waals surface area contributed by atoms with Crippen molar-refractivity contribution >= 4 is 5.97 Å². The second kappa shape index (κ2) is 8.11. The minimum Gasteiger partial charge on any atom is -0.492 e. The summed E-state index contributed by atoms with van der Waals surface area (Å²) in [5.41, 5.74) is 6.79. The van der Waals surface area contributed by atoms with E-state index in [0.29, 0.717) is 43.9 Å². The molecular weight excluding hydrogens is 244 g/mol. The molecule has 0 saturated heterocycles. The van der Waals surface area contributed by atoms with Crippen LogP contribution in [0.1, 0.15) is 24.5 Å². The molecule has 1 rings (SSSR count). The first-order valence-electron chi connectivity index (χ1n) is 6.22. The summed E-state index contributed by atoms with van der Waals surface area (Å²) in [5, 5.41) is 8.86. The summed E-state index contributed by atoms with van der Waals surface area (Å²) >= 11 is 0. The van der Waals surface area contributed by atoms with Crippen LogP contribution in [0, 0.1) is 11.3 Å². The van der Waals surface area contributed by atoms with E-state index in [1.165, 1.54) is 0 Å². The van der Waals surface area contributed by atoms with Crippen molar-refractivity contribution < 1.29 is 14.3 Å². The zero-order valence-corrected chi connectivity index (χ0v) is 11.0. The number of esters is 1. The van der Waals surface area contributed by atoms with E-state index in [2.05, 4.69) is 6.07 Å². The minimum absolute atomic E-state index is 0.239. The van der Waals surface area contributed by atoms with E-state index < -0.39 is 0 Å². The van der Waals surface area contributed by atoms with Crippen molar-refractivity contribution in [1.29, 1.82) is 5.26 Å². The Labute approximate surface area is 112 Å². The quantitative estimate of drug-likeness (QED) is 0.750. The lowest BCUT2D eigenvalue weighted by atomic mass is 10.1. The number of ether oxygens (including phenoxy) is 2. The molecule has 19 heavy (non-hydrogen) atoms. The van der Waals surface area contributed by atoms with E-state index in [-0.39, 0.29) is 5.97 Å². The van der Waals surface area contributed by atoms with Gasteiger partial charge in [-0.2, -0.15) is 5.26 Å². The molecule has 1 aromatic rings. The third-order valence-corrected chi connectivity index (χ3v) is 2.48. The van der Waals surface area contributed by atoms with Crippen molar-refractivity contribution in [3.05, 3.63) is 29.3 Å². The highest BCUT2D eigenvalue weighted by Crippen LogP contribution is 2.22. The summed E-state index contributed by atoms with van der Waals surface area (Å²) in [6.07, 6.45) is 0.809. The van der Waals surface area contributed by atoms with Gasteiger partial charge in [-0.25, -0.2) is 0 Å². The van der Waals surface area contributed by atoms with Crippen LogP contribution in [0.4, 0.5) is 0 Å². The topological polar surface area (TPSA) is 85.3 Å². The maximum absolute atomic E-state index is 11.3. The van der Waals surface area contributed by atoms with Gasteiger partial charge in [-0.05, 0) is 31.0 Å². The van der Waals surface area contributed by atoms with Gasteiger partial charge in [0.05, 0.1) is 18.2 Å². The molecule has 0 aliphatic rings. The van der Waals surface area contributed by atoms with Crippen molar-refractivity contribution in [3.8, 4) is 11.8 Å². The van der Waals surface area contributed by atoms with Crippen molar-refractivity contribution in [2.45, 2.75) is 19.8 Å². The molecule has 0 unspecified atom stereocenters. The third kappa shape index (κ3) is 4.98. The van der Waals surface area contributed by atoms with Crippen LogP contribution in [0.15, 0.2) is 18.2 Å². The molecule has 0 aliphatic carbocycles. The van der Waals surface area contributed by atoms with Crippen LogP contribution in [0.2, 0.25) is 0 Å². The predicted molar refractivity (Wildman–Crippen MR) is 70.7 cm³/mol. The van der Waals surface area contributed by atoms with E-state index in [1.54, 1.807) is 25.1 Å². The fraction of sp³-hybridized carbons (Fsp3) is 0.429. The molecular formula is C14H18N2O3. The van der Waals surface area contributed by atoms with Gasteiger partial charge < -0.3 is 15.2 Å². The fourth-order valence-electron chi connectivity index (χ4n) is 1.60. The first-order chi connectivity index (χ1) is 9.21. The normalized spacial score (nSPS) is 9.74. The standard InChI is InChI=1S/C14H18N2O3/c1-2-18-14(17)6-5-12-4-3-11(10-16)9-13(12)19-8-7-15/h3-4,9H,2,5-8,15H2,1H3. The molecule has 0 fully saturated rings. The lowest BCUT2D eigenvalue weighted by Crippen LogP contribution is -2.12. The summed E-state index contributed by atoms with van der Waals surface area (Å²) in [6.45, 7) is 2.92. The Kier molecular flexibility index (Phi) is 6.41. The molecule has 102 valence electrons. The average molecular weight is 262 g/mol. The molecule has 0 spiro atoms. The molecule has 0 atom stereocenters. The monoisotopic (exact) mass is 262 g/mol. The van der Waals surface area contributed by atoms with Crippen LogP contribution in [-0.4, -0.2) is 25.7 Å². The Hall–Kier alpha value is -2.06. The van der Waals surface area contributed by atoms with Crippen molar-refractivity contribution in [2.24, 2.45) is 5.73 Å². The second-order valence-corrected chi connectivity index (χ2v) is 3.88. The van der Waals surface area contributed by atoms with E-state index in [4.69, 9.17) is 20.5 Å². The molecule has 0 amide bonds. The zero-order valence-electron chi connectivity index (χ0n) is 11.0. The molecule has 2 N–H and O–H groups in total. The molecule has 0 bridgehead atoms. The van der Waals surface area contributed by atoms with Gasteiger partial charge in [0.15, 0.2) is 0 Å². The number of carbonyl (C=O) groups excluding carboxylic acids is 1. The lowest BCUT2D eigenvalue weighted by molar-refractivity contribution is -0.143. The summed E-state index contributed by atoms with van der Waals surface area (Å²) in [6, 6.07) is 7.22. The van der Waals surface area contributed by atoms with Crippen LogP contribution >= 0.6 is 0 Å². The van der Waals surface area contributed by atoms with Crippen LogP contribution in [0.3, 0.4) is 0 Å². The molecule has 0 aliphatic heterocycles. The Bertz CT molecular complexity index is 466. The third-order valence-electron chi connectivity index (χ3n) is 2.48. The van der Waals surface area contributed by atoms with Crippen molar-refractivity contribution in [1.82, 2.24) is 0 Å². The SMILES string of the molecule is CCOC(=O)CCc1ccc(C#N)cc1OCCN. The number of nitrogens with zero attached hydrogens (tertiary/aromatic N) is 1. The zero-order chi connectivity index (χ0) is 14.1. The average Bonchev–Trinajstić information content (AvgIpc) is 2.43. The number of hydrogen-bond donors (Lipinski definition) is 1. The summed E-state index contributed by atoms with van der Waals surface area (Å²) in [4.78, 5) is 11.3. The molecule has 5 nitrogen and oxygen atoms in total. The van der Waals surface area contributed by atoms with Crippen LogP contribution in [-0.2, 0) is 16.0 Å². The van der Waals surface area contributed by atoms with Gasteiger partial charge in [-0.15, -0.1) is 0 Å². The highest BCUT2D eigenvalue weighted by atomic mass is 16.5. The minimum atomic E-state index is -0.239. The predicted octanol–water partition coefficient (Wildman–Crippen LogP) is 1.39. The van der Waals surface area contributed by atoms with Crippen molar-refractivity contribution in [2.75, 3.05) is 19.8 Å². The van der Waals surface area contributed by atoms with Gasteiger partial charge in [-0.3, -0.25) is 4.79 Å².